The second-order valence-corrected chi connectivity index (χ2v) is 4.98. The fourth-order valence-corrected chi connectivity index (χ4v) is 1.31. The Morgan fingerprint density at radius 1 is 1.13 bits per heavy atom. The standard InChI is InChI=1S/C14H23N/c1-12(2)7-6-9-14(5,11-15)10-8-13(3)4/h7-8H,6,9-10H2,1-5H3/t14-/m1/s1. The van der Waals surface area contributed by atoms with Crippen LogP contribution in [-0.4, -0.2) is 0 Å². The first-order chi connectivity index (χ1) is 6.89. The van der Waals surface area contributed by atoms with Gasteiger partial charge in [0.05, 0.1) is 11.5 Å². The smallest absolute Gasteiger partial charge is 0.0690 e. The largest absolute Gasteiger partial charge is 0.198 e. The Morgan fingerprint density at radius 3 is 2.07 bits per heavy atom. The van der Waals surface area contributed by atoms with Gasteiger partial charge in [0.2, 0.25) is 0 Å². The van der Waals surface area contributed by atoms with E-state index in [1.807, 2.05) is 6.92 Å². The van der Waals surface area contributed by atoms with Crippen LogP contribution in [0.2, 0.25) is 0 Å². The van der Waals surface area contributed by atoms with Crippen LogP contribution in [0.25, 0.3) is 0 Å². The SMILES string of the molecule is CC(C)=CCC[C@@](C)(C#N)CC=C(C)C. The summed E-state index contributed by atoms with van der Waals surface area (Å²) in [5, 5.41) is 9.16. The fourth-order valence-electron chi connectivity index (χ4n) is 1.31. The van der Waals surface area contributed by atoms with Crippen molar-refractivity contribution in [3.05, 3.63) is 23.3 Å². The zero-order valence-electron chi connectivity index (χ0n) is 10.7. The van der Waals surface area contributed by atoms with Gasteiger partial charge in [-0.05, 0) is 53.9 Å². The summed E-state index contributed by atoms with van der Waals surface area (Å²) in [5.74, 6) is 0. The third-order valence-electron chi connectivity index (χ3n) is 2.48. The Labute approximate surface area is 94.5 Å². The van der Waals surface area contributed by atoms with Gasteiger partial charge >= 0.3 is 0 Å². The lowest BCUT2D eigenvalue weighted by molar-refractivity contribution is 0.413. The highest BCUT2D eigenvalue weighted by Crippen LogP contribution is 2.28. The Bertz CT molecular complexity index is 283. The molecule has 1 heteroatoms. The van der Waals surface area contributed by atoms with Crippen LogP contribution in [0.15, 0.2) is 23.3 Å². The van der Waals surface area contributed by atoms with E-state index in [9.17, 15) is 0 Å². The van der Waals surface area contributed by atoms with Gasteiger partial charge in [-0.1, -0.05) is 23.3 Å². The molecule has 1 atom stereocenters. The van der Waals surface area contributed by atoms with Gasteiger partial charge in [-0.25, -0.2) is 0 Å². The molecule has 1 nitrogen and oxygen atoms in total. The Kier molecular flexibility index (Phi) is 6.01. The molecule has 0 unspecified atom stereocenters. The monoisotopic (exact) mass is 205 g/mol. The molecule has 0 aromatic carbocycles. The minimum Gasteiger partial charge on any atom is -0.198 e. The topological polar surface area (TPSA) is 23.8 Å². The first kappa shape index (κ1) is 14.0. The molecule has 0 spiro atoms. The number of hydrogen-bond acceptors (Lipinski definition) is 1. The maximum atomic E-state index is 9.16. The molecule has 0 bridgehead atoms. The van der Waals surface area contributed by atoms with Gasteiger partial charge in [-0.2, -0.15) is 5.26 Å². The lowest BCUT2D eigenvalue weighted by Gasteiger charge is -2.18. The van der Waals surface area contributed by atoms with E-state index in [-0.39, 0.29) is 5.41 Å². The van der Waals surface area contributed by atoms with Crippen molar-refractivity contribution in [1.29, 1.82) is 5.26 Å². The van der Waals surface area contributed by atoms with E-state index in [0.717, 1.165) is 19.3 Å². The molecule has 0 aliphatic carbocycles. The van der Waals surface area contributed by atoms with Crippen LogP contribution < -0.4 is 0 Å². The Balaban J connectivity index is 4.27. The molecular formula is C14H23N. The van der Waals surface area contributed by atoms with Crippen molar-refractivity contribution in [1.82, 2.24) is 0 Å². The lowest BCUT2D eigenvalue weighted by atomic mass is 9.83. The van der Waals surface area contributed by atoms with Crippen molar-refractivity contribution in [3.63, 3.8) is 0 Å². The first-order valence-corrected chi connectivity index (χ1v) is 5.57. The zero-order chi connectivity index (χ0) is 11.9. The molecule has 0 aromatic rings. The molecule has 0 fully saturated rings. The number of allylic oxidation sites excluding steroid dienone is 4. The summed E-state index contributed by atoms with van der Waals surface area (Å²) in [4.78, 5) is 0. The molecule has 84 valence electrons. The summed E-state index contributed by atoms with van der Waals surface area (Å²) in [6.45, 7) is 10.4. The normalized spacial score (nSPS) is 13.6. The summed E-state index contributed by atoms with van der Waals surface area (Å²) in [6.07, 6.45) is 7.17. The zero-order valence-corrected chi connectivity index (χ0v) is 10.7. The van der Waals surface area contributed by atoms with E-state index in [2.05, 4.69) is 45.9 Å². The van der Waals surface area contributed by atoms with Crippen molar-refractivity contribution in [2.45, 2.75) is 53.9 Å². The number of hydrogen-bond donors (Lipinski definition) is 0. The second kappa shape index (κ2) is 6.45. The van der Waals surface area contributed by atoms with E-state index in [0.29, 0.717) is 0 Å². The van der Waals surface area contributed by atoms with Crippen molar-refractivity contribution in [3.8, 4) is 6.07 Å². The molecule has 0 radical (unpaired) electrons. The molecule has 0 amide bonds. The molecule has 0 N–H and O–H groups in total. The Morgan fingerprint density at radius 2 is 1.67 bits per heavy atom. The lowest BCUT2D eigenvalue weighted by Crippen LogP contribution is -2.12. The van der Waals surface area contributed by atoms with Crippen LogP contribution in [0.4, 0.5) is 0 Å². The van der Waals surface area contributed by atoms with E-state index >= 15 is 0 Å². The minimum atomic E-state index is -0.205. The summed E-state index contributed by atoms with van der Waals surface area (Å²) in [7, 11) is 0. The van der Waals surface area contributed by atoms with Crippen molar-refractivity contribution in [2.75, 3.05) is 0 Å². The van der Waals surface area contributed by atoms with Crippen molar-refractivity contribution < 1.29 is 0 Å². The molecule has 0 aliphatic rings. The van der Waals surface area contributed by atoms with E-state index in [1.165, 1.54) is 11.1 Å². The van der Waals surface area contributed by atoms with Crippen LogP contribution in [0.3, 0.4) is 0 Å². The predicted octanol–water partition coefficient (Wildman–Crippen LogP) is 4.62. The summed E-state index contributed by atoms with van der Waals surface area (Å²) < 4.78 is 0. The van der Waals surface area contributed by atoms with Crippen LogP contribution in [-0.2, 0) is 0 Å². The fraction of sp³-hybridized carbons (Fsp3) is 0.643. The minimum absolute atomic E-state index is 0.205. The van der Waals surface area contributed by atoms with Crippen LogP contribution >= 0.6 is 0 Å². The van der Waals surface area contributed by atoms with Gasteiger partial charge < -0.3 is 0 Å². The molecule has 0 aliphatic heterocycles. The number of nitriles is 1. The third-order valence-corrected chi connectivity index (χ3v) is 2.48. The average molecular weight is 205 g/mol. The Hall–Kier alpha value is -1.03. The van der Waals surface area contributed by atoms with Crippen LogP contribution in [0.5, 0.6) is 0 Å². The highest BCUT2D eigenvalue weighted by atomic mass is 14.3. The highest BCUT2D eigenvalue weighted by Gasteiger charge is 2.21. The van der Waals surface area contributed by atoms with Crippen LogP contribution in [0.1, 0.15) is 53.9 Å². The van der Waals surface area contributed by atoms with E-state index < -0.39 is 0 Å². The quantitative estimate of drug-likeness (QED) is 0.601. The average Bonchev–Trinajstić information content (AvgIpc) is 2.14. The van der Waals surface area contributed by atoms with Gasteiger partial charge in [0.1, 0.15) is 0 Å². The molecule has 0 rings (SSSR count). The third kappa shape index (κ3) is 6.96. The van der Waals surface area contributed by atoms with E-state index in [1.54, 1.807) is 0 Å². The number of rotatable bonds is 5. The molecule has 0 saturated carbocycles. The van der Waals surface area contributed by atoms with Crippen molar-refractivity contribution >= 4 is 0 Å². The van der Waals surface area contributed by atoms with Gasteiger partial charge in [-0.3, -0.25) is 0 Å². The molecule has 15 heavy (non-hydrogen) atoms. The summed E-state index contributed by atoms with van der Waals surface area (Å²) in [6, 6.07) is 2.43. The highest BCUT2D eigenvalue weighted by molar-refractivity contribution is 5.05. The predicted molar refractivity (Wildman–Crippen MR) is 66.4 cm³/mol. The first-order valence-electron chi connectivity index (χ1n) is 5.57. The van der Waals surface area contributed by atoms with Gasteiger partial charge in [0.25, 0.3) is 0 Å². The second-order valence-electron chi connectivity index (χ2n) is 4.98. The summed E-state index contributed by atoms with van der Waals surface area (Å²) in [5.41, 5.74) is 2.42. The maximum Gasteiger partial charge on any atom is 0.0690 e. The van der Waals surface area contributed by atoms with E-state index in [4.69, 9.17) is 5.26 Å². The summed E-state index contributed by atoms with van der Waals surface area (Å²) >= 11 is 0. The van der Waals surface area contributed by atoms with Gasteiger partial charge in [0.15, 0.2) is 0 Å². The van der Waals surface area contributed by atoms with Gasteiger partial charge in [0, 0.05) is 0 Å². The maximum absolute atomic E-state index is 9.16. The molecule has 0 saturated heterocycles. The number of nitrogens with zero attached hydrogens (tertiary/aromatic N) is 1. The van der Waals surface area contributed by atoms with Crippen LogP contribution in [0, 0.1) is 16.7 Å². The molecular weight excluding hydrogens is 182 g/mol. The molecule has 0 aromatic heterocycles. The van der Waals surface area contributed by atoms with Crippen molar-refractivity contribution in [2.24, 2.45) is 5.41 Å². The molecule has 0 heterocycles. The van der Waals surface area contributed by atoms with Gasteiger partial charge in [-0.15, -0.1) is 0 Å².